The number of halogens is 1. The fourth-order valence-corrected chi connectivity index (χ4v) is 3.86. The largest absolute Gasteiger partial charge is 0.495 e. The highest BCUT2D eigenvalue weighted by Crippen LogP contribution is 2.31. The number of hydrogen-bond acceptors (Lipinski definition) is 3. The highest BCUT2D eigenvalue weighted by molar-refractivity contribution is 9.10. The van der Waals surface area contributed by atoms with E-state index in [1.165, 1.54) is 44.5 Å². The summed E-state index contributed by atoms with van der Waals surface area (Å²) in [6.07, 6.45) is 5.38. The molecule has 3 rings (SSSR count). The second kappa shape index (κ2) is 6.35. The first-order chi connectivity index (χ1) is 9.78. The van der Waals surface area contributed by atoms with E-state index in [9.17, 15) is 0 Å². The van der Waals surface area contributed by atoms with Gasteiger partial charge in [0.05, 0.1) is 11.6 Å². The molecule has 2 aliphatic heterocycles. The van der Waals surface area contributed by atoms with Crippen molar-refractivity contribution in [2.75, 3.05) is 38.2 Å². The number of ether oxygens (including phenoxy) is 1. The number of hydrogen-bond donors (Lipinski definition) is 0. The van der Waals surface area contributed by atoms with Crippen molar-refractivity contribution in [1.29, 1.82) is 0 Å². The van der Waals surface area contributed by atoms with Crippen molar-refractivity contribution in [3.8, 4) is 5.75 Å². The van der Waals surface area contributed by atoms with E-state index in [1.807, 2.05) is 0 Å². The molecule has 2 aliphatic rings. The summed E-state index contributed by atoms with van der Waals surface area (Å²) in [4.78, 5) is 5.23. The summed E-state index contributed by atoms with van der Waals surface area (Å²) in [5.74, 6) is 0.923. The first-order valence-electron chi connectivity index (χ1n) is 7.60. The minimum atomic E-state index is 0.737. The molecule has 0 aliphatic carbocycles. The van der Waals surface area contributed by atoms with Gasteiger partial charge in [0.1, 0.15) is 5.75 Å². The topological polar surface area (TPSA) is 15.7 Å². The van der Waals surface area contributed by atoms with Crippen molar-refractivity contribution in [2.45, 2.75) is 31.7 Å². The first-order valence-corrected chi connectivity index (χ1v) is 8.40. The molecule has 1 aromatic rings. The Bertz CT molecular complexity index is 466. The van der Waals surface area contributed by atoms with Gasteiger partial charge in [-0.2, -0.15) is 0 Å². The normalized spacial score (nSPS) is 24.1. The lowest BCUT2D eigenvalue weighted by Gasteiger charge is -2.36. The summed E-state index contributed by atoms with van der Waals surface area (Å²) in [5.41, 5.74) is 1.29. The van der Waals surface area contributed by atoms with Gasteiger partial charge >= 0.3 is 0 Å². The Balaban J connectivity index is 1.79. The SMILES string of the molecule is COc1cc(N2CCCN3CCCCC3C2)ccc1Br. The predicted octanol–water partition coefficient (Wildman–Crippen LogP) is 3.52. The standard InChI is InChI=1S/C16H23BrN2O/c1-20-16-11-13(6-7-15(16)17)19-10-4-9-18-8-3-2-5-14(18)12-19/h6-7,11,14H,2-5,8-10,12H2,1H3. The van der Waals surface area contributed by atoms with Crippen LogP contribution in [0.3, 0.4) is 0 Å². The van der Waals surface area contributed by atoms with Gasteiger partial charge < -0.3 is 9.64 Å². The van der Waals surface area contributed by atoms with Crippen molar-refractivity contribution in [3.05, 3.63) is 22.7 Å². The van der Waals surface area contributed by atoms with E-state index in [2.05, 4.69) is 43.9 Å². The van der Waals surface area contributed by atoms with Crippen molar-refractivity contribution >= 4 is 21.6 Å². The van der Waals surface area contributed by atoms with Crippen LogP contribution in [0.2, 0.25) is 0 Å². The summed E-state index contributed by atoms with van der Waals surface area (Å²) >= 11 is 3.53. The van der Waals surface area contributed by atoms with Gasteiger partial charge in [0.25, 0.3) is 0 Å². The zero-order valence-electron chi connectivity index (χ0n) is 12.1. The second-order valence-corrected chi connectivity index (χ2v) is 6.66. The highest BCUT2D eigenvalue weighted by Gasteiger charge is 2.27. The van der Waals surface area contributed by atoms with Crippen LogP contribution in [0.25, 0.3) is 0 Å². The third kappa shape index (κ3) is 2.96. The Labute approximate surface area is 130 Å². The molecule has 1 atom stereocenters. The molecule has 110 valence electrons. The summed E-state index contributed by atoms with van der Waals surface area (Å²) in [6.45, 7) is 4.86. The Morgan fingerprint density at radius 3 is 2.85 bits per heavy atom. The summed E-state index contributed by atoms with van der Waals surface area (Å²) < 4.78 is 6.46. The molecule has 0 amide bonds. The molecule has 0 saturated carbocycles. The fourth-order valence-electron chi connectivity index (χ4n) is 3.45. The lowest BCUT2D eigenvalue weighted by atomic mass is 10.0. The molecule has 0 N–H and O–H groups in total. The molecule has 2 fully saturated rings. The van der Waals surface area contributed by atoms with Gasteiger partial charge in [-0.1, -0.05) is 6.42 Å². The highest BCUT2D eigenvalue weighted by atomic mass is 79.9. The maximum absolute atomic E-state index is 5.43. The average Bonchev–Trinajstić information content (AvgIpc) is 2.70. The molecule has 0 radical (unpaired) electrons. The van der Waals surface area contributed by atoms with Crippen LogP contribution in [0.15, 0.2) is 22.7 Å². The molecule has 4 heteroatoms. The molecule has 20 heavy (non-hydrogen) atoms. The molecule has 2 heterocycles. The van der Waals surface area contributed by atoms with Crippen LogP contribution in [0, 0.1) is 0 Å². The van der Waals surface area contributed by atoms with Gasteiger partial charge in [-0.25, -0.2) is 0 Å². The maximum atomic E-state index is 5.43. The van der Waals surface area contributed by atoms with Gasteiger partial charge in [-0.3, -0.25) is 4.90 Å². The molecule has 1 unspecified atom stereocenters. The van der Waals surface area contributed by atoms with Gasteiger partial charge in [0.15, 0.2) is 0 Å². The van der Waals surface area contributed by atoms with Crippen molar-refractivity contribution in [3.63, 3.8) is 0 Å². The first kappa shape index (κ1) is 14.2. The number of methoxy groups -OCH3 is 1. The van der Waals surface area contributed by atoms with E-state index in [4.69, 9.17) is 4.74 Å². The van der Waals surface area contributed by atoms with Crippen LogP contribution in [0.5, 0.6) is 5.75 Å². The smallest absolute Gasteiger partial charge is 0.135 e. The van der Waals surface area contributed by atoms with Gasteiger partial charge in [-0.15, -0.1) is 0 Å². The van der Waals surface area contributed by atoms with E-state index in [-0.39, 0.29) is 0 Å². The van der Waals surface area contributed by atoms with Crippen LogP contribution < -0.4 is 9.64 Å². The Hall–Kier alpha value is -0.740. The number of fused-ring (bicyclic) bond motifs is 1. The van der Waals surface area contributed by atoms with Gasteiger partial charge in [-0.05, 0) is 53.9 Å². The molecule has 0 aromatic heterocycles. The van der Waals surface area contributed by atoms with Crippen LogP contribution in [-0.4, -0.2) is 44.2 Å². The molecule has 0 bridgehead atoms. The number of anilines is 1. The monoisotopic (exact) mass is 338 g/mol. The lowest BCUT2D eigenvalue weighted by Crippen LogP contribution is -2.44. The number of piperidine rings is 1. The molecular formula is C16H23BrN2O. The van der Waals surface area contributed by atoms with E-state index >= 15 is 0 Å². The third-order valence-corrected chi connectivity index (χ3v) is 5.21. The van der Waals surface area contributed by atoms with E-state index < -0.39 is 0 Å². The van der Waals surface area contributed by atoms with Crippen LogP contribution in [0.1, 0.15) is 25.7 Å². The molecule has 0 spiro atoms. The van der Waals surface area contributed by atoms with Crippen molar-refractivity contribution in [1.82, 2.24) is 4.90 Å². The minimum absolute atomic E-state index is 0.737. The Morgan fingerprint density at radius 2 is 2.00 bits per heavy atom. The summed E-state index contributed by atoms with van der Waals surface area (Å²) in [6, 6.07) is 7.19. The molecule has 3 nitrogen and oxygen atoms in total. The molecule has 1 aromatic carbocycles. The molecular weight excluding hydrogens is 316 g/mol. The Morgan fingerprint density at radius 1 is 1.15 bits per heavy atom. The number of nitrogens with zero attached hydrogens (tertiary/aromatic N) is 2. The summed E-state index contributed by atoms with van der Waals surface area (Å²) in [7, 11) is 1.73. The van der Waals surface area contributed by atoms with Crippen molar-refractivity contribution in [2.24, 2.45) is 0 Å². The van der Waals surface area contributed by atoms with Crippen LogP contribution in [-0.2, 0) is 0 Å². The number of benzene rings is 1. The lowest BCUT2D eigenvalue weighted by molar-refractivity contribution is 0.162. The van der Waals surface area contributed by atoms with Crippen molar-refractivity contribution < 1.29 is 4.74 Å². The zero-order valence-corrected chi connectivity index (χ0v) is 13.7. The zero-order chi connectivity index (χ0) is 13.9. The second-order valence-electron chi connectivity index (χ2n) is 5.80. The van der Waals surface area contributed by atoms with Gasteiger partial charge in [0.2, 0.25) is 0 Å². The van der Waals surface area contributed by atoms with Crippen LogP contribution in [0.4, 0.5) is 5.69 Å². The third-order valence-electron chi connectivity index (χ3n) is 4.55. The van der Waals surface area contributed by atoms with E-state index in [1.54, 1.807) is 7.11 Å². The average molecular weight is 339 g/mol. The quantitative estimate of drug-likeness (QED) is 0.820. The molecule has 2 saturated heterocycles. The maximum Gasteiger partial charge on any atom is 0.135 e. The minimum Gasteiger partial charge on any atom is -0.495 e. The summed E-state index contributed by atoms with van der Waals surface area (Å²) in [5, 5.41) is 0. The predicted molar refractivity (Wildman–Crippen MR) is 86.7 cm³/mol. The van der Waals surface area contributed by atoms with E-state index in [0.29, 0.717) is 0 Å². The van der Waals surface area contributed by atoms with E-state index in [0.717, 1.165) is 29.4 Å². The Kier molecular flexibility index (Phi) is 4.51. The fraction of sp³-hybridized carbons (Fsp3) is 0.625. The van der Waals surface area contributed by atoms with Crippen LogP contribution >= 0.6 is 15.9 Å². The number of rotatable bonds is 2. The van der Waals surface area contributed by atoms with Gasteiger partial charge in [0, 0.05) is 37.4 Å².